The summed E-state index contributed by atoms with van der Waals surface area (Å²) < 4.78 is 5.93. The van der Waals surface area contributed by atoms with Crippen LogP contribution in [0.4, 0.5) is 0 Å². The van der Waals surface area contributed by atoms with Crippen LogP contribution in [0.25, 0.3) is 11.1 Å². The third kappa shape index (κ3) is 2.52. The lowest BCUT2D eigenvalue weighted by Crippen LogP contribution is -1.89. The molecule has 0 spiro atoms. The highest BCUT2D eigenvalue weighted by Gasteiger charge is 2.07. The van der Waals surface area contributed by atoms with Gasteiger partial charge in [-0.3, -0.25) is 0 Å². The molecule has 1 N–H and O–H groups in total. The number of ether oxygens (including phenoxy) is 1. The third-order valence-corrected chi connectivity index (χ3v) is 3.01. The van der Waals surface area contributed by atoms with Gasteiger partial charge in [-0.2, -0.15) is 0 Å². The predicted octanol–water partition coefficient (Wildman–Crippen LogP) is 4.78. The van der Waals surface area contributed by atoms with E-state index in [4.69, 9.17) is 4.74 Å². The van der Waals surface area contributed by atoms with E-state index in [0.29, 0.717) is 0 Å². The summed E-state index contributed by atoms with van der Waals surface area (Å²) in [5.74, 6) is 1.62. The molecule has 3 rings (SSSR count). The van der Waals surface area contributed by atoms with Crippen LogP contribution in [0.2, 0.25) is 0 Å². The zero-order valence-corrected chi connectivity index (χ0v) is 10.8. The van der Waals surface area contributed by atoms with Crippen LogP contribution in [0.1, 0.15) is 5.56 Å². The van der Waals surface area contributed by atoms with Crippen molar-refractivity contribution in [3.63, 3.8) is 0 Å². The minimum absolute atomic E-state index is 0.753. The van der Waals surface area contributed by atoms with E-state index in [0.717, 1.165) is 22.8 Å². The van der Waals surface area contributed by atoms with Crippen molar-refractivity contribution in [2.24, 2.45) is 0 Å². The van der Waals surface area contributed by atoms with Crippen LogP contribution in [-0.4, -0.2) is 4.98 Å². The van der Waals surface area contributed by atoms with Gasteiger partial charge in [-0.15, -0.1) is 0 Å². The second kappa shape index (κ2) is 5.02. The molecule has 2 aromatic carbocycles. The summed E-state index contributed by atoms with van der Waals surface area (Å²) in [5.41, 5.74) is 3.44. The van der Waals surface area contributed by atoms with Gasteiger partial charge in [0.15, 0.2) is 5.88 Å². The Morgan fingerprint density at radius 2 is 1.74 bits per heavy atom. The average Bonchev–Trinajstić information content (AvgIpc) is 2.93. The van der Waals surface area contributed by atoms with Crippen LogP contribution in [0, 0.1) is 6.92 Å². The fourth-order valence-corrected chi connectivity index (χ4v) is 2.07. The van der Waals surface area contributed by atoms with E-state index in [2.05, 4.69) is 42.2 Å². The molecule has 0 bridgehead atoms. The monoisotopic (exact) mass is 249 g/mol. The van der Waals surface area contributed by atoms with Crippen molar-refractivity contribution >= 4 is 0 Å². The smallest absolute Gasteiger partial charge is 0.197 e. The lowest BCUT2D eigenvalue weighted by Gasteiger charge is -2.11. The number of hydrogen-bond acceptors (Lipinski definition) is 1. The number of benzene rings is 2. The van der Waals surface area contributed by atoms with Crippen molar-refractivity contribution in [1.29, 1.82) is 0 Å². The Labute approximate surface area is 112 Å². The molecule has 0 saturated heterocycles. The SMILES string of the molecule is Cc1ccc(-c2ccccc2)c(Oc2ccc[nH]2)c1. The van der Waals surface area contributed by atoms with Crippen molar-refractivity contribution in [2.75, 3.05) is 0 Å². The Bertz CT molecular complexity index is 657. The summed E-state index contributed by atoms with van der Waals surface area (Å²) in [6.07, 6.45) is 1.85. The van der Waals surface area contributed by atoms with Gasteiger partial charge in [0.25, 0.3) is 0 Å². The number of H-pyrrole nitrogens is 1. The maximum absolute atomic E-state index is 5.93. The van der Waals surface area contributed by atoms with Crippen molar-refractivity contribution in [3.8, 4) is 22.8 Å². The van der Waals surface area contributed by atoms with Crippen LogP contribution in [0.15, 0.2) is 66.9 Å². The molecule has 19 heavy (non-hydrogen) atoms. The Morgan fingerprint density at radius 3 is 2.47 bits per heavy atom. The standard InChI is InChI=1S/C17H15NO/c1-13-9-10-15(14-6-3-2-4-7-14)16(12-13)19-17-8-5-11-18-17/h2-12,18H,1H3. The van der Waals surface area contributed by atoms with Gasteiger partial charge < -0.3 is 9.72 Å². The average molecular weight is 249 g/mol. The topological polar surface area (TPSA) is 25.0 Å². The molecule has 1 heterocycles. The molecule has 1 aromatic heterocycles. The molecule has 94 valence electrons. The second-order valence-electron chi connectivity index (χ2n) is 4.50. The molecule has 0 fully saturated rings. The summed E-state index contributed by atoms with van der Waals surface area (Å²) >= 11 is 0. The van der Waals surface area contributed by atoms with Gasteiger partial charge >= 0.3 is 0 Å². The highest BCUT2D eigenvalue weighted by molar-refractivity contribution is 5.71. The van der Waals surface area contributed by atoms with Crippen LogP contribution in [0.5, 0.6) is 11.6 Å². The molecule has 0 aliphatic rings. The molecule has 0 unspecified atom stereocenters. The number of aryl methyl sites for hydroxylation is 1. The van der Waals surface area contributed by atoms with Gasteiger partial charge in [0.05, 0.1) is 0 Å². The van der Waals surface area contributed by atoms with Gasteiger partial charge in [0, 0.05) is 17.8 Å². The lowest BCUT2D eigenvalue weighted by atomic mass is 10.0. The third-order valence-electron chi connectivity index (χ3n) is 3.01. The zero-order chi connectivity index (χ0) is 13.1. The molecule has 2 nitrogen and oxygen atoms in total. The van der Waals surface area contributed by atoms with Gasteiger partial charge in [-0.1, -0.05) is 42.5 Å². The van der Waals surface area contributed by atoms with Crippen molar-refractivity contribution in [1.82, 2.24) is 4.98 Å². The Hall–Kier alpha value is -2.48. The number of hydrogen-bond donors (Lipinski definition) is 1. The maximum Gasteiger partial charge on any atom is 0.197 e. The predicted molar refractivity (Wildman–Crippen MR) is 77.5 cm³/mol. The molecule has 0 aliphatic heterocycles. The number of rotatable bonds is 3. The van der Waals surface area contributed by atoms with Crippen LogP contribution in [0.3, 0.4) is 0 Å². The van der Waals surface area contributed by atoms with Crippen molar-refractivity contribution < 1.29 is 4.74 Å². The largest absolute Gasteiger partial charge is 0.440 e. The minimum Gasteiger partial charge on any atom is -0.440 e. The van der Waals surface area contributed by atoms with Crippen molar-refractivity contribution in [3.05, 3.63) is 72.4 Å². The summed E-state index contributed by atoms with van der Waals surface area (Å²) in [4.78, 5) is 3.06. The van der Waals surface area contributed by atoms with E-state index in [9.17, 15) is 0 Å². The normalized spacial score (nSPS) is 10.4. The Balaban J connectivity index is 2.04. The maximum atomic E-state index is 5.93. The Kier molecular flexibility index (Phi) is 3.07. The molecule has 0 atom stereocenters. The summed E-state index contributed by atoms with van der Waals surface area (Å²) in [7, 11) is 0. The van der Waals surface area contributed by atoms with Crippen molar-refractivity contribution in [2.45, 2.75) is 6.92 Å². The number of aromatic amines is 1. The van der Waals surface area contributed by atoms with Gasteiger partial charge in [-0.25, -0.2) is 0 Å². The Morgan fingerprint density at radius 1 is 0.895 bits per heavy atom. The van der Waals surface area contributed by atoms with E-state index < -0.39 is 0 Å². The molecule has 2 heteroatoms. The first kappa shape index (κ1) is 11.6. The fraction of sp³-hybridized carbons (Fsp3) is 0.0588. The first-order valence-corrected chi connectivity index (χ1v) is 6.30. The zero-order valence-electron chi connectivity index (χ0n) is 10.8. The first-order chi connectivity index (χ1) is 9.33. The fourth-order valence-electron chi connectivity index (χ4n) is 2.07. The summed E-state index contributed by atoms with van der Waals surface area (Å²) in [6.45, 7) is 2.07. The summed E-state index contributed by atoms with van der Waals surface area (Å²) in [6, 6.07) is 20.4. The summed E-state index contributed by atoms with van der Waals surface area (Å²) in [5, 5.41) is 0. The molecule has 0 amide bonds. The molecule has 0 radical (unpaired) electrons. The molecule has 0 saturated carbocycles. The highest BCUT2D eigenvalue weighted by Crippen LogP contribution is 2.33. The number of aromatic nitrogens is 1. The number of nitrogens with one attached hydrogen (secondary N) is 1. The van der Waals surface area contributed by atoms with E-state index in [-0.39, 0.29) is 0 Å². The van der Waals surface area contributed by atoms with Gasteiger partial charge in [0.2, 0.25) is 0 Å². The van der Waals surface area contributed by atoms with Crippen LogP contribution < -0.4 is 4.74 Å². The molecular formula is C17H15NO. The van der Waals surface area contributed by atoms with Crippen LogP contribution >= 0.6 is 0 Å². The van der Waals surface area contributed by atoms with Gasteiger partial charge in [-0.05, 0) is 30.2 Å². The first-order valence-electron chi connectivity index (χ1n) is 6.30. The van der Waals surface area contributed by atoms with Crippen LogP contribution in [-0.2, 0) is 0 Å². The van der Waals surface area contributed by atoms with E-state index in [1.807, 2.05) is 36.5 Å². The van der Waals surface area contributed by atoms with Gasteiger partial charge in [0.1, 0.15) is 5.75 Å². The lowest BCUT2D eigenvalue weighted by molar-refractivity contribution is 0.467. The second-order valence-corrected chi connectivity index (χ2v) is 4.50. The quantitative estimate of drug-likeness (QED) is 0.709. The molecule has 3 aromatic rings. The minimum atomic E-state index is 0.753. The van der Waals surface area contributed by atoms with E-state index in [1.54, 1.807) is 0 Å². The molecular weight excluding hydrogens is 234 g/mol. The highest BCUT2D eigenvalue weighted by atomic mass is 16.5. The van der Waals surface area contributed by atoms with E-state index >= 15 is 0 Å². The molecule has 0 aliphatic carbocycles. The van der Waals surface area contributed by atoms with E-state index in [1.165, 1.54) is 5.56 Å².